The second-order valence-corrected chi connectivity index (χ2v) is 3.82. The summed E-state index contributed by atoms with van der Waals surface area (Å²) in [5.41, 5.74) is -0.796. The molecule has 0 saturated carbocycles. The van der Waals surface area contributed by atoms with Gasteiger partial charge in [0, 0.05) is 12.4 Å². The lowest BCUT2D eigenvalue weighted by molar-refractivity contribution is -0.140. The Morgan fingerprint density at radius 2 is 1.93 bits per heavy atom. The molecular formula is C8H15ClN2O3. The maximum atomic E-state index is 11.1. The van der Waals surface area contributed by atoms with Gasteiger partial charge in [-0.2, -0.15) is 0 Å². The van der Waals surface area contributed by atoms with Gasteiger partial charge in [0.15, 0.2) is 0 Å². The summed E-state index contributed by atoms with van der Waals surface area (Å²) in [6.45, 7) is 3.23. The van der Waals surface area contributed by atoms with E-state index in [1.807, 2.05) is 0 Å². The van der Waals surface area contributed by atoms with Crippen molar-refractivity contribution in [2.45, 2.75) is 19.4 Å². The quantitative estimate of drug-likeness (QED) is 0.432. The fourth-order valence-corrected chi connectivity index (χ4v) is 0.739. The first-order chi connectivity index (χ1) is 6.43. The van der Waals surface area contributed by atoms with Crippen molar-refractivity contribution in [3.05, 3.63) is 0 Å². The van der Waals surface area contributed by atoms with Crippen LogP contribution in [0.25, 0.3) is 0 Å². The van der Waals surface area contributed by atoms with Crippen molar-refractivity contribution in [2.24, 2.45) is 0 Å². The number of hydrogen-bond acceptors (Lipinski definition) is 3. The zero-order valence-corrected chi connectivity index (χ0v) is 9.02. The third-order valence-electron chi connectivity index (χ3n) is 1.43. The molecule has 0 unspecified atom stereocenters. The molecule has 2 amide bonds. The minimum atomic E-state index is -0.796. The van der Waals surface area contributed by atoms with Crippen LogP contribution in [0.1, 0.15) is 13.8 Å². The first-order valence-corrected chi connectivity index (χ1v) is 4.73. The number of rotatable bonds is 4. The highest BCUT2D eigenvalue weighted by atomic mass is 35.5. The molecule has 14 heavy (non-hydrogen) atoms. The largest absolute Gasteiger partial charge is 0.394 e. The van der Waals surface area contributed by atoms with Gasteiger partial charge in [0.2, 0.25) is 0 Å². The summed E-state index contributed by atoms with van der Waals surface area (Å²) in [4.78, 5) is 22.2. The molecule has 0 heterocycles. The zero-order chi connectivity index (χ0) is 11.2. The maximum absolute atomic E-state index is 11.1. The zero-order valence-electron chi connectivity index (χ0n) is 8.26. The van der Waals surface area contributed by atoms with Crippen LogP contribution in [-0.2, 0) is 9.59 Å². The minimum absolute atomic E-state index is 0.235. The van der Waals surface area contributed by atoms with Crippen molar-refractivity contribution >= 4 is 23.4 Å². The molecule has 82 valence electrons. The van der Waals surface area contributed by atoms with E-state index in [1.54, 1.807) is 13.8 Å². The number of nitrogens with one attached hydrogen (secondary N) is 2. The number of alkyl halides is 1. The maximum Gasteiger partial charge on any atom is 0.309 e. The van der Waals surface area contributed by atoms with Crippen molar-refractivity contribution in [2.75, 3.05) is 19.0 Å². The fourth-order valence-electron chi connectivity index (χ4n) is 0.645. The van der Waals surface area contributed by atoms with Gasteiger partial charge in [-0.1, -0.05) is 0 Å². The van der Waals surface area contributed by atoms with Crippen LogP contribution in [0.4, 0.5) is 0 Å². The average molecular weight is 223 g/mol. The molecule has 0 aliphatic heterocycles. The highest BCUT2D eigenvalue weighted by Crippen LogP contribution is 1.98. The van der Waals surface area contributed by atoms with Crippen LogP contribution in [0.15, 0.2) is 0 Å². The third-order valence-corrected chi connectivity index (χ3v) is 1.62. The molecule has 0 fully saturated rings. The number of halogens is 1. The molecule has 0 aromatic heterocycles. The van der Waals surface area contributed by atoms with Crippen LogP contribution in [0, 0.1) is 0 Å². The molecule has 3 N–H and O–H groups in total. The molecule has 0 aromatic rings. The minimum Gasteiger partial charge on any atom is -0.394 e. The van der Waals surface area contributed by atoms with E-state index in [4.69, 9.17) is 16.7 Å². The molecule has 5 nitrogen and oxygen atoms in total. The summed E-state index contributed by atoms with van der Waals surface area (Å²) in [6, 6.07) is 0. The Morgan fingerprint density at radius 3 is 2.36 bits per heavy atom. The van der Waals surface area contributed by atoms with Crippen molar-refractivity contribution in [3.63, 3.8) is 0 Å². The van der Waals surface area contributed by atoms with Gasteiger partial charge >= 0.3 is 11.8 Å². The average Bonchev–Trinajstić information content (AvgIpc) is 2.13. The van der Waals surface area contributed by atoms with E-state index in [2.05, 4.69) is 10.6 Å². The van der Waals surface area contributed by atoms with Gasteiger partial charge in [-0.05, 0) is 13.8 Å². The topological polar surface area (TPSA) is 78.4 Å². The molecule has 0 radical (unpaired) electrons. The molecule has 0 spiro atoms. The van der Waals surface area contributed by atoms with Crippen LogP contribution in [0.2, 0.25) is 0 Å². The van der Waals surface area contributed by atoms with Crippen LogP contribution in [-0.4, -0.2) is 41.5 Å². The summed E-state index contributed by atoms with van der Waals surface area (Å²) in [5, 5.41) is 13.5. The van der Waals surface area contributed by atoms with Crippen molar-refractivity contribution in [3.8, 4) is 0 Å². The Bertz CT molecular complexity index is 219. The van der Waals surface area contributed by atoms with Gasteiger partial charge in [-0.3, -0.25) is 9.59 Å². The second-order valence-electron chi connectivity index (χ2n) is 3.44. The summed E-state index contributed by atoms with van der Waals surface area (Å²) >= 11 is 5.32. The van der Waals surface area contributed by atoms with Crippen LogP contribution < -0.4 is 10.6 Å². The lowest BCUT2D eigenvalue weighted by atomic mass is 10.1. The van der Waals surface area contributed by atoms with Crippen LogP contribution in [0.5, 0.6) is 0 Å². The van der Waals surface area contributed by atoms with Crippen LogP contribution >= 0.6 is 11.6 Å². The van der Waals surface area contributed by atoms with E-state index in [0.717, 1.165) is 0 Å². The first kappa shape index (κ1) is 13.2. The molecule has 0 aromatic carbocycles. The van der Waals surface area contributed by atoms with E-state index in [0.29, 0.717) is 0 Å². The van der Waals surface area contributed by atoms with Gasteiger partial charge in [0.05, 0.1) is 12.1 Å². The molecule has 0 aliphatic rings. The van der Waals surface area contributed by atoms with E-state index in [-0.39, 0.29) is 19.0 Å². The van der Waals surface area contributed by atoms with Crippen molar-refractivity contribution in [1.82, 2.24) is 10.6 Å². The monoisotopic (exact) mass is 222 g/mol. The highest BCUT2D eigenvalue weighted by molar-refractivity contribution is 6.35. The number of aliphatic hydroxyl groups excluding tert-OH is 1. The summed E-state index contributed by atoms with van der Waals surface area (Å²) in [5.74, 6) is -1.26. The highest BCUT2D eigenvalue weighted by Gasteiger charge is 2.23. The Morgan fingerprint density at radius 1 is 1.36 bits per heavy atom. The number of aliphatic hydroxyl groups is 1. The smallest absolute Gasteiger partial charge is 0.309 e. The Labute approximate surface area is 87.8 Å². The molecule has 6 heteroatoms. The standard InChI is InChI=1S/C8H15ClN2O3/c1-8(2,5-12)11-7(14)6(13)10-4-3-9/h12H,3-5H2,1-2H3,(H,10,13)(H,11,14). The van der Waals surface area contributed by atoms with Gasteiger partial charge in [0.25, 0.3) is 0 Å². The van der Waals surface area contributed by atoms with E-state index in [1.165, 1.54) is 0 Å². The van der Waals surface area contributed by atoms with Gasteiger partial charge in [-0.25, -0.2) is 0 Å². The number of carbonyl (C=O) groups is 2. The predicted octanol–water partition coefficient (Wildman–Crippen LogP) is -0.771. The normalized spacial score (nSPS) is 10.9. The number of hydrogen-bond donors (Lipinski definition) is 3. The molecule has 0 aliphatic carbocycles. The molecule has 0 atom stereocenters. The lowest BCUT2D eigenvalue weighted by Gasteiger charge is -2.22. The Balaban J connectivity index is 4.02. The molecular weight excluding hydrogens is 208 g/mol. The summed E-state index contributed by atoms with van der Waals surface area (Å²) in [7, 11) is 0. The third kappa shape index (κ3) is 5.04. The molecule has 0 bridgehead atoms. The fraction of sp³-hybridized carbons (Fsp3) is 0.750. The Hall–Kier alpha value is -0.810. The van der Waals surface area contributed by atoms with Crippen molar-refractivity contribution in [1.29, 1.82) is 0 Å². The van der Waals surface area contributed by atoms with Gasteiger partial charge in [0.1, 0.15) is 0 Å². The second kappa shape index (κ2) is 5.82. The summed E-state index contributed by atoms with van der Waals surface area (Å²) in [6.07, 6.45) is 0. The van der Waals surface area contributed by atoms with Gasteiger partial charge < -0.3 is 15.7 Å². The first-order valence-electron chi connectivity index (χ1n) is 4.20. The summed E-state index contributed by atoms with van der Waals surface area (Å²) < 4.78 is 0. The number of carbonyl (C=O) groups excluding carboxylic acids is 2. The predicted molar refractivity (Wildman–Crippen MR) is 53.0 cm³/mol. The van der Waals surface area contributed by atoms with E-state index >= 15 is 0 Å². The van der Waals surface area contributed by atoms with E-state index < -0.39 is 17.4 Å². The molecule has 0 saturated heterocycles. The Kier molecular flexibility index (Phi) is 5.49. The van der Waals surface area contributed by atoms with E-state index in [9.17, 15) is 9.59 Å². The van der Waals surface area contributed by atoms with Crippen LogP contribution in [0.3, 0.4) is 0 Å². The van der Waals surface area contributed by atoms with Gasteiger partial charge in [-0.15, -0.1) is 11.6 Å². The lowest BCUT2D eigenvalue weighted by Crippen LogP contribution is -2.51. The SMILES string of the molecule is CC(C)(CO)NC(=O)C(=O)NCCCl. The van der Waals surface area contributed by atoms with Crippen molar-refractivity contribution < 1.29 is 14.7 Å². The molecule has 0 rings (SSSR count). The number of amides is 2.